The molecule has 0 saturated heterocycles. The molecule has 6 saturated carbocycles. The minimum atomic E-state index is -1.12. The van der Waals surface area contributed by atoms with E-state index in [0.717, 1.165) is 73.7 Å². The van der Waals surface area contributed by atoms with Gasteiger partial charge in [-0.2, -0.15) is 4.98 Å². The Hall–Kier alpha value is -3.03. The number of alkyl halides is 1. The van der Waals surface area contributed by atoms with Gasteiger partial charge in [0.25, 0.3) is 5.89 Å². The number of benzene rings is 1. The van der Waals surface area contributed by atoms with Crippen molar-refractivity contribution in [3.05, 3.63) is 47.9 Å². The first-order chi connectivity index (χ1) is 17.8. The van der Waals surface area contributed by atoms with Crippen molar-refractivity contribution >= 4 is 11.6 Å². The van der Waals surface area contributed by atoms with Crippen molar-refractivity contribution in [3.8, 4) is 11.5 Å². The second-order valence-corrected chi connectivity index (χ2v) is 12.9. The van der Waals surface area contributed by atoms with E-state index < -0.39 is 11.1 Å². The number of fused-ring (bicyclic) bond motifs is 2. The third-order valence-corrected chi connectivity index (χ3v) is 10.0. The molecule has 8 heteroatoms. The van der Waals surface area contributed by atoms with E-state index in [1.807, 2.05) is 42.3 Å². The maximum Gasteiger partial charge on any atom is 0.258 e. The second kappa shape index (κ2) is 7.08. The number of aromatic nitrogens is 3. The summed E-state index contributed by atoms with van der Waals surface area (Å²) in [5, 5.41) is 4.17. The molecule has 0 radical (unpaired) electrons. The van der Waals surface area contributed by atoms with E-state index in [0.29, 0.717) is 37.6 Å². The third kappa shape index (κ3) is 3.23. The quantitative estimate of drug-likeness (QED) is 0.392. The number of carbonyl (C=O) groups excluding carboxylic acids is 1. The van der Waals surface area contributed by atoms with Gasteiger partial charge in [0, 0.05) is 29.1 Å². The first kappa shape index (κ1) is 22.0. The monoisotopic (exact) mass is 502 g/mol. The summed E-state index contributed by atoms with van der Waals surface area (Å²) in [6.07, 6.45) is 10.2. The number of hydrogen-bond acceptors (Lipinski definition) is 6. The van der Waals surface area contributed by atoms with E-state index in [2.05, 4.69) is 15.1 Å². The van der Waals surface area contributed by atoms with Crippen LogP contribution in [-0.2, 0) is 10.2 Å². The zero-order valence-corrected chi connectivity index (χ0v) is 21.1. The predicted molar refractivity (Wildman–Crippen MR) is 133 cm³/mol. The highest BCUT2D eigenvalue weighted by Crippen LogP contribution is 2.70. The summed E-state index contributed by atoms with van der Waals surface area (Å²) in [7, 11) is 0. The van der Waals surface area contributed by atoms with Crippen molar-refractivity contribution in [2.75, 3.05) is 11.4 Å². The molecule has 9 rings (SSSR count). The fourth-order valence-corrected chi connectivity index (χ4v) is 7.89. The largest absolute Gasteiger partial charge is 0.445 e. The number of carbonyl (C=O) groups is 1. The van der Waals surface area contributed by atoms with E-state index in [-0.39, 0.29) is 16.7 Å². The van der Waals surface area contributed by atoms with Crippen LogP contribution < -0.4 is 4.90 Å². The number of nitrogens with zero attached hydrogens (tertiary/aromatic N) is 4. The molecule has 2 aromatic heterocycles. The fourth-order valence-electron chi connectivity index (χ4n) is 7.89. The van der Waals surface area contributed by atoms with Crippen LogP contribution in [0.2, 0.25) is 0 Å². The van der Waals surface area contributed by atoms with Crippen molar-refractivity contribution < 1.29 is 18.1 Å². The Kier molecular flexibility index (Phi) is 4.21. The smallest absolute Gasteiger partial charge is 0.258 e. The molecule has 6 aliphatic carbocycles. The van der Waals surface area contributed by atoms with Crippen LogP contribution in [0.1, 0.15) is 87.6 Å². The van der Waals surface area contributed by atoms with Gasteiger partial charge in [0.05, 0.1) is 11.6 Å². The van der Waals surface area contributed by atoms with Crippen molar-refractivity contribution in [1.82, 2.24) is 15.1 Å². The highest BCUT2D eigenvalue weighted by atomic mass is 19.1. The van der Waals surface area contributed by atoms with Crippen LogP contribution in [0.15, 0.2) is 39.4 Å². The summed E-state index contributed by atoms with van der Waals surface area (Å²) in [5.74, 6) is 3.43. The molecule has 0 N–H and O–H groups in total. The topological polar surface area (TPSA) is 85.3 Å². The first-order valence-electron chi connectivity index (χ1n) is 13.7. The number of hydrogen-bond donors (Lipinski definition) is 0. The Balaban J connectivity index is 1.12. The average Bonchev–Trinajstić information content (AvgIpc) is 3.21. The van der Waals surface area contributed by atoms with Gasteiger partial charge in [0.2, 0.25) is 11.8 Å². The van der Waals surface area contributed by atoms with Crippen molar-refractivity contribution in [1.29, 1.82) is 0 Å². The standard InChI is InChI=1S/C29H31FN4O3/c1-18-12-31-24(36-18)27-9-7-26(13-27,8-10-27)17-34(25(35)28-14-29(30,15-28)16-28)21-4-2-3-20(11-21)23-32-22(33-37-23)19-5-6-19/h2-4,11-12,19H,5-10,13-17H2,1H3. The molecule has 1 aromatic carbocycles. The fraction of sp³-hybridized carbons (Fsp3) is 0.586. The molecule has 7 nitrogen and oxygen atoms in total. The maximum atomic E-state index is 14.5. The van der Waals surface area contributed by atoms with Gasteiger partial charge < -0.3 is 13.8 Å². The number of amides is 1. The van der Waals surface area contributed by atoms with Gasteiger partial charge >= 0.3 is 0 Å². The third-order valence-electron chi connectivity index (χ3n) is 10.0. The summed E-state index contributed by atoms with van der Waals surface area (Å²) in [4.78, 5) is 25.2. The van der Waals surface area contributed by atoms with Crippen molar-refractivity contribution in [3.63, 3.8) is 0 Å². The Morgan fingerprint density at radius 3 is 2.59 bits per heavy atom. The van der Waals surface area contributed by atoms with Gasteiger partial charge in [-0.3, -0.25) is 4.79 Å². The van der Waals surface area contributed by atoms with Crippen LogP contribution in [-0.4, -0.2) is 33.2 Å². The predicted octanol–water partition coefficient (Wildman–Crippen LogP) is 6.04. The lowest BCUT2D eigenvalue weighted by molar-refractivity contribution is -0.211. The normalized spacial score (nSPS) is 35.3. The van der Waals surface area contributed by atoms with E-state index >= 15 is 0 Å². The number of rotatable bonds is 7. The summed E-state index contributed by atoms with van der Waals surface area (Å²) < 4.78 is 26.1. The van der Waals surface area contributed by atoms with Gasteiger partial charge in [-0.15, -0.1) is 0 Å². The van der Waals surface area contributed by atoms with Crippen LogP contribution in [0.4, 0.5) is 10.1 Å². The van der Waals surface area contributed by atoms with Gasteiger partial charge in [0.15, 0.2) is 5.82 Å². The summed E-state index contributed by atoms with van der Waals surface area (Å²) >= 11 is 0. The summed E-state index contributed by atoms with van der Waals surface area (Å²) in [6, 6.07) is 7.88. The molecule has 6 fully saturated rings. The molecule has 0 spiro atoms. The van der Waals surface area contributed by atoms with Crippen LogP contribution >= 0.6 is 0 Å². The number of anilines is 1. The van der Waals surface area contributed by atoms with Gasteiger partial charge in [-0.25, -0.2) is 9.37 Å². The number of oxazole rings is 1. The molecule has 192 valence electrons. The van der Waals surface area contributed by atoms with Crippen LogP contribution in [0, 0.1) is 17.8 Å². The van der Waals surface area contributed by atoms with E-state index in [1.54, 1.807) is 0 Å². The Morgan fingerprint density at radius 2 is 1.92 bits per heavy atom. The Bertz CT molecular complexity index is 1390. The van der Waals surface area contributed by atoms with Crippen LogP contribution in [0.5, 0.6) is 0 Å². The molecule has 2 heterocycles. The molecule has 6 aliphatic rings. The van der Waals surface area contributed by atoms with Gasteiger partial charge in [0.1, 0.15) is 11.4 Å². The van der Waals surface area contributed by atoms with Crippen LogP contribution in [0.3, 0.4) is 0 Å². The van der Waals surface area contributed by atoms with Gasteiger partial charge in [-0.1, -0.05) is 11.2 Å². The molecule has 0 unspecified atom stereocenters. The Morgan fingerprint density at radius 1 is 1.14 bits per heavy atom. The second-order valence-electron chi connectivity index (χ2n) is 12.9. The molecule has 1 amide bonds. The van der Waals surface area contributed by atoms with E-state index in [1.165, 1.54) is 0 Å². The summed E-state index contributed by atoms with van der Waals surface area (Å²) in [6.45, 7) is 2.57. The Labute approximate surface area is 214 Å². The zero-order chi connectivity index (χ0) is 25.0. The van der Waals surface area contributed by atoms with Gasteiger partial charge in [-0.05, 0) is 94.7 Å². The minimum absolute atomic E-state index is 0.00854. The molecule has 0 atom stereocenters. The maximum absolute atomic E-state index is 14.5. The van der Waals surface area contributed by atoms with E-state index in [4.69, 9.17) is 8.94 Å². The van der Waals surface area contributed by atoms with Crippen LogP contribution in [0.25, 0.3) is 11.5 Å². The average molecular weight is 503 g/mol. The molecular formula is C29H31FN4O3. The SMILES string of the molecule is Cc1cnc(C23CCC(CN(C(=O)C45CC(F)(C4)C5)c4cccc(-c5nc(C6CC6)no5)c4)(CC2)C3)o1. The minimum Gasteiger partial charge on any atom is -0.445 e. The van der Waals surface area contributed by atoms with Crippen molar-refractivity contribution in [2.24, 2.45) is 10.8 Å². The van der Waals surface area contributed by atoms with E-state index in [9.17, 15) is 9.18 Å². The highest BCUT2D eigenvalue weighted by molar-refractivity contribution is 6.00. The number of aryl methyl sites for hydroxylation is 1. The molecule has 3 aromatic rings. The molecular weight excluding hydrogens is 471 g/mol. The molecule has 0 aliphatic heterocycles. The highest BCUT2D eigenvalue weighted by Gasteiger charge is 2.73. The lowest BCUT2D eigenvalue weighted by atomic mass is 9.42. The first-order valence-corrected chi connectivity index (χ1v) is 13.7. The molecule has 4 bridgehead atoms. The number of halogens is 1. The molecule has 37 heavy (non-hydrogen) atoms. The lowest BCUT2D eigenvalue weighted by Crippen LogP contribution is -2.70. The zero-order valence-electron chi connectivity index (χ0n) is 21.1. The summed E-state index contributed by atoms with van der Waals surface area (Å²) in [5.41, 5.74) is -0.0460. The van der Waals surface area contributed by atoms with Crippen molar-refractivity contribution in [2.45, 2.75) is 88.1 Å². The lowest BCUT2D eigenvalue weighted by Gasteiger charge is -2.65.